The van der Waals surface area contributed by atoms with Gasteiger partial charge in [-0.3, -0.25) is 19.9 Å². The Morgan fingerprint density at radius 2 is 1.86 bits per heavy atom. The van der Waals surface area contributed by atoms with Gasteiger partial charge in [0.2, 0.25) is 0 Å². The summed E-state index contributed by atoms with van der Waals surface area (Å²) in [5, 5.41) is 10.3. The van der Waals surface area contributed by atoms with E-state index in [2.05, 4.69) is 5.32 Å². The molecule has 1 amide bonds. The molecule has 152 valence electrons. The van der Waals surface area contributed by atoms with Gasteiger partial charge in [0.25, 0.3) is 5.91 Å². The highest BCUT2D eigenvalue weighted by Crippen LogP contribution is 2.21. The van der Waals surface area contributed by atoms with Crippen LogP contribution in [0.3, 0.4) is 0 Å². The van der Waals surface area contributed by atoms with Crippen LogP contribution < -0.4 is 11.1 Å². The summed E-state index contributed by atoms with van der Waals surface area (Å²) in [5.41, 5.74) is 9.51. The highest BCUT2D eigenvalue weighted by Gasteiger charge is 2.20. The topological polar surface area (TPSA) is 109 Å². The van der Waals surface area contributed by atoms with E-state index in [-0.39, 0.29) is 24.3 Å². The van der Waals surface area contributed by atoms with Crippen LogP contribution >= 0.6 is 0 Å². The van der Waals surface area contributed by atoms with Gasteiger partial charge in [-0.1, -0.05) is 13.0 Å². The zero-order valence-corrected chi connectivity index (χ0v) is 16.5. The fourth-order valence-electron chi connectivity index (χ4n) is 3.27. The van der Waals surface area contributed by atoms with Crippen molar-refractivity contribution in [3.63, 3.8) is 0 Å². The fraction of sp³-hybridized carbons (Fsp3) is 0.318. The molecule has 0 bridgehead atoms. The number of carbonyl (C=O) groups excluding carboxylic acids is 2. The summed E-state index contributed by atoms with van der Waals surface area (Å²) in [6, 6.07) is 12.5. The Labute approximate surface area is 170 Å². The van der Waals surface area contributed by atoms with Gasteiger partial charge in [0.1, 0.15) is 5.84 Å². The van der Waals surface area contributed by atoms with Crippen LogP contribution in [0, 0.1) is 5.41 Å². The van der Waals surface area contributed by atoms with Crippen molar-refractivity contribution in [1.29, 1.82) is 5.41 Å². The number of fused-ring (bicyclic) bond motifs is 1. The number of hydrogen-bond donors (Lipinski definition) is 3. The van der Waals surface area contributed by atoms with E-state index in [1.165, 1.54) is 5.56 Å². The van der Waals surface area contributed by atoms with Crippen molar-refractivity contribution < 1.29 is 14.3 Å². The molecule has 0 saturated carbocycles. The Balaban J connectivity index is 1.65. The summed E-state index contributed by atoms with van der Waals surface area (Å²) < 4.78 is 5.17. The summed E-state index contributed by atoms with van der Waals surface area (Å²) in [7, 11) is 0. The lowest BCUT2D eigenvalue weighted by Gasteiger charge is -2.28. The molecule has 0 fully saturated rings. The Morgan fingerprint density at radius 3 is 2.55 bits per heavy atom. The average molecular weight is 394 g/mol. The molecule has 7 heteroatoms. The average Bonchev–Trinajstić information content (AvgIpc) is 2.72. The van der Waals surface area contributed by atoms with Gasteiger partial charge < -0.3 is 15.8 Å². The van der Waals surface area contributed by atoms with Crippen molar-refractivity contribution in [3.8, 4) is 0 Å². The van der Waals surface area contributed by atoms with Gasteiger partial charge in [0, 0.05) is 29.9 Å². The van der Waals surface area contributed by atoms with Crippen LogP contribution in [0.1, 0.15) is 40.4 Å². The maximum Gasteiger partial charge on any atom is 0.320 e. The number of carbonyl (C=O) groups is 2. The lowest BCUT2D eigenvalue weighted by Crippen LogP contribution is -2.35. The number of rotatable bonds is 7. The third kappa shape index (κ3) is 5.42. The molecule has 4 N–H and O–H groups in total. The van der Waals surface area contributed by atoms with Crippen LogP contribution in [0.5, 0.6) is 0 Å². The van der Waals surface area contributed by atoms with Gasteiger partial charge in [0.05, 0.1) is 13.2 Å². The van der Waals surface area contributed by atoms with E-state index in [0.29, 0.717) is 30.0 Å². The predicted molar refractivity (Wildman–Crippen MR) is 112 cm³/mol. The highest BCUT2D eigenvalue weighted by molar-refractivity contribution is 6.04. The van der Waals surface area contributed by atoms with Crippen molar-refractivity contribution >= 4 is 23.4 Å². The van der Waals surface area contributed by atoms with E-state index in [1.54, 1.807) is 24.3 Å². The number of ether oxygens (including phenoxy) is 1. The first-order valence-corrected chi connectivity index (χ1v) is 9.72. The molecule has 1 aliphatic rings. The van der Waals surface area contributed by atoms with Crippen LogP contribution in [-0.2, 0) is 22.5 Å². The summed E-state index contributed by atoms with van der Waals surface area (Å²) in [5.74, 6) is -0.429. The number of hydrogen-bond acceptors (Lipinski definition) is 5. The molecule has 7 nitrogen and oxygen atoms in total. The van der Waals surface area contributed by atoms with Gasteiger partial charge in [-0.2, -0.15) is 0 Å². The molecule has 0 spiro atoms. The minimum Gasteiger partial charge on any atom is -0.465 e. The smallest absolute Gasteiger partial charge is 0.320 e. The van der Waals surface area contributed by atoms with Crippen LogP contribution in [0.25, 0.3) is 0 Å². The van der Waals surface area contributed by atoms with E-state index in [4.69, 9.17) is 15.9 Å². The third-order valence-corrected chi connectivity index (χ3v) is 4.83. The Bertz CT molecular complexity index is 909. The van der Waals surface area contributed by atoms with E-state index >= 15 is 0 Å². The number of amides is 1. The molecule has 1 heterocycles. The fourth-order valence-corrected chi connectivity index (χ4v) is 3.27. The van der Waals surface area contributed by atoms with E-state index in [1.807, 2.05) is 30.0 Å². The van der Waals surface area contributed by atoms with Crippen LogP contribution in [0.2, 0.25) is 0 Å². The SMILES string of the molecule is CCCOC(=O)CN1CCc2ccc(C(=O)Nc3ccc(C(=N)N)cc3)cc2C1. The molecule has 0 saturated heterocycles. The molecule has 0 aliphatic carbocycles. The molecular formula is C22H26N4O3. The molecule has 0 radical (unpaired) electrons. The summed E-state index contributed by atoms with van der Waals surface area (Å²) in [6.07, 6.45) is 1.65. The molecule has 29 heavy (non-hydrogen) atoms. The maximum atomic E-state index is 12.6. The predicted octanol–water partition coefficient (Wildman–Crippen LogP) is 2.53. The molecular weight excluding hydrogens is 368 g/mol. The standard InChI is InChI=1S/C22H26N4O3/c1-2-11-29-20(27)14-26-10-9-15-3-4-17(12-18(15)13-26)22(28)25-19-7-5-16(6-8-19)21(23)24/h3-8,12H,2,9-11,13-14H2,1H3,(H3,23,24)(H,25,28). The lowest BCUT2D eigenvalue weighted by atomic mass is 9.97. The quantitative estimate of drug-likeness (QED) is 0.380. The van der Waals surface area contributed by atoms with E-state index < -0.39 is 0 Å². The number of nitrogen functional groups attached to an aromatic ring is 1. The number of esters is 1. The highest BCUT2D eigenvalue weighted by atomic mass is 16.5. The molecule has 2 aromatic carbocycles. The van der Waals surface area contributed by atoms with Gasteiger partial charge >= 0.3 is 5.97 Å². The summed E-state index contributed by atoms with van der Waals surface area (Å²) >= 11 is 0. The molecule has 1 aliphatic heterocycles. The van der Waals surface area contributed by atoms with Gasteiger partial charge in [-0.15, -0.1) is 0 Å². The summed E-state index contributed by atoms with van der Waals surface area (Å²) in [4.78, 5) is 26.6. The first kappa shape index (κ1) is 20.5. The molecule has 0 unspecified atom stereocenters. The largest absolute Gasteiger partial charge is 0.465 e. The Morgan fingerprint density at radius 1 is 1.14 bits per heavy atom. The van der Waals surface area contributed by atoms with Crippen molar-refractivity contribution in [2.24, 2.45) is 5.73 Å². The molecule has 0 atom stereocenters. The number of anilines is 1. The normalized spacial score (nSPS) is 13.4. The zero-order valence-electron chi connectivity index (χ0n) is 16.5. The number of nitrogens with zero attached hydrogens (tertiary/aromatic N) is 1. The number of benzene rings is 2. The van der Waals surface area contributed by atoms with Crippen LogP contribution in [0.15, 0.2) is 42.5 Å². The van der Waals surface area contributed by atoms with Crippen molar-refractivity contribution in [2.45, 2.75) is 26.3 Å². The molecule has 3 rings (SSSR count). The third-order valence-electron chi connectivity index (χ3n) is 4.83. The number of amidine groups is 1. The number of nitrogens with two attached hydrogens (primary N) is 1. The van der Waals surface area contributed by atoms with E-state index in [9.17, 15) is 9.59 Å². The molecule has 2 aromatic rings. The van der Waals surface area contributed by atoms with Gasteiger partial charge in [-0.05, 0) is 60.4 Å². The molecule has 0 aromatic heterocycles. The second-order valence-corrected chi connectivity index (χ2v) is 7.11. The van der Waals surface area contributed by atoms with E-state index in [0.717, 1.165) is 24.9 Å². The first-order valence-electron chi connectivity index (χ1n) is 9.72. The first-order chi connectivity index (χ1) is 14.0. The van der Waals surface area contributed by atoms with Crippen molar-refractivity contribution in [3.05, 3.63) is 64.7 Å². The number of nitrogens with one attached hydrogen (secondary N) is 2. The lowest BCUT2D eigenvalue weighted by molar-refractivity contribution is -0.145. The van der Waals surface area contributed by atoms with Crippen LogP contribution in [-0.4, -0.2) is 42.3 Å². The Hall–Kier alpha value is -3.19. The minimum absolute atomic E-state index is 0.0132. The van der Waals surface area contributed by atoms with Crippen molar-refractivity contribution in [1.82, 2.24) is 4.90 Å². The van der Waals surface area contributed by atoms with Crippen LogP contribution in [0.4, 0.5) is 5.69 Å². The zero-order chi connectivity index (χ0) is 20.8. The monoisotopic (exact) mass is 394 g/mol. The maximum absolute atomic E-state index is 12.6. The minimum atomic E-state index is -0.210. The Kier molecular flexibility index (Phi) is 6.61. The van der Waals surface area contributed by atoms with Gasteiger partial charge in [0.15, 0.2) is 0 Å². The summed E-state index contributed by atoms with van der Waals surface area (Å²) in [6.45, 7) is 4.08. The van der Waals surface area contributed by atoms with Crippen molar-refractivity contribution in [2.75, 3.05) is 25.0 Å². The second-order valence-electron chi connectivity index (χ2n) is 7.11. The van der Waals surface area contributed by atoms with Gasteiger partial charge in [-0.25, -0.2) is 0 Å². The second kappa shape index (κ2) is 9.34.